The Labute approximate surface area is 235 Å². The maximum atomic E-state index is 12.8. The number of carbonyl (C=O) groups excluding carboxylic acids is 1. The zero-order chi connectivity index (χ0) is 27.0. The Kier molecular flexibility index (Phi) is 13.7. The standard InChI is InChI=1S/C33H48N2O2S/c1-4-6-7-8-9-10-11-12-13-14-23-37-32-21-17-30(18-22-32)26-35(33(36)5-2)31-19-15-29(16-20-31)25-34-24-28(3)38-27-34/h15-22,24H,4-14,23,25-27H2,1-3H3. The fraction of sp³-hybridized carbons (Fsp3) is 0.545. The third-order valence-corrected chi connectivity index (χ3v) is 8.11. The molecule has 0 saturated carbocycles. The molecular weight excluding hydrogens is 488 g/mol. The molecule has 0 unspecified atom stereocenters. The summed E-state index contributed by atoms with van der Waals surface area (Å²) in [6.07, 6.45) is 16.0. The minimum atomic E-state index is 0.133. The number of amides is 1. The molecule has 0 bridgehead atoms. The summed E-state index contributed by atoms with van der Waals surface area (Å²) in [5, 5.41) is 0. The van der Waals surface area contributed by atoms with Crippen molar-refractivity contribution < 1.29 is 9.53 Å². The summed E-state index contributed by atoms with van der Waals surface area (Å²) < 4.78 is 5.98. The molecule has 0 aliphatic carbocycles. The Bertz CT molecular complexity index is 971. The van der Waals surface area contributed by atoms with E-state index in [1.54, 1.807) is 0 Å². The third kappa shape index (κ3) is 10.8. The number of hydrogen-bond donors (Lipinski definition) is 0. The highest BCUT2D eigenvalue weighted by atomic mass is 32.2. The SMILES string of the molecule is CCCCCCCCCCCCOc1ccc(CN(C(=O)CC)c2ccc(CN3C=C(C)SC3)cc2)cc1. The van der Waals surface area contributed by atoms with Crippen LogP contribution < -0.4 is 9.64 Å². The zero-order valence-corrected chi connectivity index (χ0v) is 24.7. The molecule has 38 heavy (non-hydrogen) atoms. The lowest BCUT2D eigenvalue weighted by atomic mass is 10.1. The molecule has 1 aliphatic rings. The lowest BCUT2D eigenvalue weighted by Gasteiger charge is -2.23. The molecule has 0 atom stereocenters. The Morgan fingerprint density at radius 2 is 1.45 bits per heavy atom. The summed E-state index contributed by atoms with van der Waals surface area (Å²) in [6, 6.07) is 16.7. The fourth-order valence-electron chi connectivity index (χ4n) is 4.79. The number of rotatable bonds is 18. The first-order valence-corrected chi connectivity index (χ1v) is 15.7. The van der Waals surface area contributed by atoms with Gasteiger partial charge in [0.25, 0.3) is 0 Å². The van der Waals surface area contributed by atoms with E-state index < -0.39 is 0 Å². The molecule has 1 aliphatic heterocycles. The molecule has 0 saturated heterocycles. The molecule has 2 aromatic rings. The van der Waals surface area contributed by atoms with Crippen molar-refractivity contribution in [3.05, 3.63) is 70.8 Å². The minimum absolute atomic E-state index is 0.133. The van der Waals surface area contributed by atoms with Crippen molar-refractivity contribution in [2.24, 2.45) is 0 Å². The zero-order valence-electron chi connectivity index (χ0n) is 23.9. The van der Waals surface area contributed by atoms with Crippen LogP contribution in [0.25, 0.3) is 0 Å². The van der Waals surface area contributed by atoms with Crippen LogP contribution in [-0.2, 0) is 17.9 Å². The highest BCUT2D eigenvalue weighted by Gasteiger charge is 2.16. The molecule has 3 rings (SSSR count). The van der Waals surface area contributed by atoms with Crippen LogP contribution in [0.1, 0.15) is 103 Å². The third-order valence-electron chi connectivity index (χ3n) is 7.09. The first-order chi connectivity index (χ1) is 18.6. The Morgan fingerprint density at radius 3 is 2.03 bits per heavy atom. The number of unbranched alkanes of at least 4 members (excludes halogenated alkanes) is 9. The van der Waals surface area contributed by atoms with E-state index in [4.69, 9.17) is 4.74 Å². The number of nitrogens with zero attached hydrogens (tertiary/aromatic N) is 2. The molecule has 1 heterocycles. The second kappa shape index (κ2) is 17.2. The van der Waals surface area contributed by atoms with E-state index in [-0.39, 0.29) is 5.91 Å². The van der Waals surface area contributed by atoms with Crippen LogP contribution in [-0.4, -0.2) is 23.3 Å². The molecule has 0 N–H and O–H groups in total. The number of carbonyl (C=O) groups is 1. The Hall–Kier alpha value is -2.40. The smallest absolute Gasteiger partial charge is 0.227 e. The minimum Gasteiger partial charge on any atom is -0.494 e. The molecule has 0 fully saturated rings. The van der Waals surface area contributed by atoms with Gasteiger partial charge in [-0.15, -0.1) is 11.8 Å². The van der Waals surface area contributed by atoms with Crippen LogP contribution in [0.4, 0.5) is 5.69 Å². The molecule has 2 aromatic carbocycles. The van der Waals surface area contributed by atoms with Crippen molar-refractivity contribution >= 4 is 23.4 Å². The topological polar surface area (TPSA) is 32.8 Å². The van der Waals surface area contributed by atoms with E-state index in [9.17, 15) is 4.79 Å². The van der Waals surface area contributed by atoms with Crippen molar-refractivity contribution in [2.45, 2.75) is 104 Å². The van der Waals surface area contributed by atoms with Gasteiger partial charge in [0, 0.05) is 24.9 Å². The number of thioether (sulfide) groups is 1. The molecule has 5 heteroatoms. The van der Waals surface area contributed by atoms with E-state index in [0.29, 0.717) is 13.0 Å². The molecule has 0 spiro atoms. The molecule has 4 nitrogen and oxygen atoms in total. The van der Waals surface area contributed by atoms with E-state index >= 15 is 0 Å². The van der Waals surface area contributed by atoms with Crippen LogP contribution in [0, 0.1) is 0 Å². The van der Waals surface area contributed by atoms with Crippen molar-refractivity contribution in [2.75, 3.05) is 17.4 Å². The lowest BCUT2D eigenvalue weighted by molar-refractivity contribution is -0.118. The van der Waals surface area contributed by atoms with Gasteiger partial charge in [0.15, 0.2) is 0 Å². The van der Waals surface area contributed by atoms with Crippen molar-refractivity contribution in [1.29, 1.82) is 0 Å². The maximum absolute atomic E-state index is 12.8. The Balaban J connectivity index is 1.40. The number of benzene rings is 2. The van der Waals surface area contributed by atoms with Crippen molar-refractivity contribution in [3.8, 4) is 5.75 Å². The van der Waals surface area contributed by atoms with E-state index in [2.05, 4.69) is 61.3 Å². The van der Waals surface area contributed by atoms with Crippen LogP contribution in [0.2, 0.25) is 0 Å². The van der Waals surface area contributed by atoms with E-state index in [1.807, 2.05) is 35.7 Å². The molecule has 1 amide bonds. The summed E-state index contributed by atoms with van der Waals surface area (Å²) in [6.45, 7) is 8.58. The van der Waals surface area contributed by atoms with Crippen molar-refractivity contribution in [1.82, 2.24) is 4.90 Å². The quantitative estimate of drug-likeness (QED) is 0.178. The first kappa shape index (κ1) is 30.1. The number of hydrogen-bond acceptors (Lipinski definition) is 4. The normalized spacial score (nSPS) is 13.0. The van der Waals surface area contributed by atoms with Crippen molar-refractivity contribution in [3.63, 3.8) is 0 Å². The van der Waals surface area contributed by atoms with E-state index in [0.717, 1.165) is 42.4 Å². The molecule has 0 radical (unpaired) electrons. The van der Waals surface area contributed by atoms with Gasteiger partial charge in [0.05, 0.1) is 19.0 Å². The van der Waals surface area contributed by atoms with Crippen LogP contribution in [0.5, 0.6) is 5.75 Å². The first-order valence-electron chi connectivity index (χ1n) is 14.8. The molecule has 208 valence electrons. The summed E-state index contributed by atoms with van der Waals surface area (Å²) in [4.78, 5) is 18.4. The summed E-state index contributed by atoms with van der Waals surface area (Å²) in [7, 11) is 0. The predicted molar refractivity (Wildman–Crippen MR) is 163 cm³/mol. The second-order valence-electron chi connectivity index (χ2n) is 10.4. The van der Waals surface area contributed by atoms with E-state index in [1.165, 1.54) is 68.3 Å². The van der Waals surface area contributed by atoms with Gasteiger partial charge in [-0.25, -0.2) is 0 Å². The van der Waals surface area contributed by atoms with Gasteiger partial charge in [0.1, 0.15) is 5.75 Å². The predicted octanol–water partition coefficient (Wildman–Crippen LogP) is 9.30. The number of allylic oxidation sites excluding steroid dienone is 1. The maximum Gasteiger partial charge on any atom is 0.227 e. The highest BCUT2D eigenvalue weighted by Crippen LogP contribution is 2.27. The van der Waals surface area contributed by atoms with Gasteiger partial charge in [0.2, 0.25) is 5.91 Å². The largest absolute Gasteiger partial charge is 0.494 e. The summed E-state index contributed by atoms with van der Waals surface area (Å²) in [5.74, 6) is 2.05. The van der Waals surface area contributed by atoms with Gasteiger partial charge >= 0.3 is 0 Å². The Morgan fingerprint density at radius 1 is 0.842 bits per heavy atom. The summed E-state index contributed by atoms with van der Waals surface area (Å²) in [5.41, 5.74) is 3.31. The number of anilines is 1. The van der Waals surface area contributed by atoms with Gasteiger partial charge in [-0.1, -0.05) is 95.9 Å². The van der Waals surface area contributed by atoms with Crippen LogP contribution >= 0.6 is 11.8 Å². The van der Waals surface area contributed by atoms with Gasteiger partial charge < -0.3 is 14.5 Å². The monoisotopic (exact) mass is 536 g/mol. The molecular formula is C33H48N2O2S. The highest BCUT2D eigenvalue weighted by molar-refractivity contribution is 8.03. The lowest BCUT2D eigenvalue weighted by Crippen LogP contribution is -2.29. The fourth-order valence-corrected chi connectivity index (χ4v) is 5.55. The summed E-state index contributed by atoms with van der Waals surface area (Å²) >= 11 is 1.88. The van der Waals surface area contributed by atoms with Gasteiger partial charge in [-0.3, -0.25) is 4.79 Å². The van der Waals surface area contributed by atoms with Gasteiger partial charge in [-0.2, -0.15) is 0 Å². The average Bonchev–Trinajstić information content (AvgIpc) is 3.35. The second-order valence-corrected chi connectivity index (χ2v) is 11.6. The number of ether oxygens (including phenoxy) is 1. The van der Waals surface area contributed by atoms with Crippen LogP contribution in [0.15, 0.2) is 59.6 Å². The molecule has 0 aromatic heterocycles. The van der Waals surface area contributed by atoms with Crippen LogP contribution in [0.3, 0.4) is 0 Å². The average molecular weight is 537 g/mol. The van der Waals surface area contributed by atoms with Gasteiger partial charge in [-0.05, 0) is 53.6 Å².